The van der Waals surface area contributed by atoms with E-state index >= 15 is 0 Å². The summed E-state index contributed by atoms with van der Waals surface area (Å²) >= 11 is 3.34. The SMILES string of the molecule is CC(C)(O)c1ccn2c(-c3ccc(F)c(-c4ccc(F)cc4C#N)c3)cnc2n1.CC(C)(O)c1ccn2c(Br)cnc2n1. The Bertz CT molecular complexity index is 2020. The van der Waals surface area contributed by atoms with Crippen LogP contribution < -0.4 is 0 Å². The standard InChI is InChI=1S/C22H16F2N4O.C9H10BrN3O/c1-22(2,29)20-7-8-28-19(12-26-21(28)27-20)13-3-6-18(24)17(10-13)16-5-4-15(23)9-14(16)11-25;1-9(2,14)6-3-4-13-7(10)5-11-8(13)12-6/h3-10,12,29H,1-2H3;3-5,14H,1-2H3. The number of fused-ring (bicyclic) bond motifs is 2. The van der Waals surface area contributed by atoms with Crippen LogP contribution in [-0.4, -0.2) is 39.0 Å². The van der Waals surface area contributed by atoms with Crippen LogP contribution in [-0.2, 0) is 11.2 Å². The van der Waals surface area contributed by atoms with Gasteiger partial charge in [0.1, 0.15) is 27.4 Å². The lowest BCUT2D eigenvalue weighted by Gasteiger charge is -2.16. The van der Waals surface area contributed by atoms with Crippen LogP contribution in [0.2, 0.25) is 0 Å². The summed E-state index contributed by atoms with van der Waals surface area (Å²) in [7, 11) is 0. The van der Waals surface area contributed by atoms with Crippen LogP contribution in [0.25, 0.3) is 33.9 Å². The topological polar surface area (TPSA) is 125 Å². The van der Waals surface area contributed by atoms with Gasteiger partial charge in [-0.15, -0.1) is 0 Å². The van der Waals surface area contributed by atoms with Crippen LogP contribution in [0.1, 0.15) is 44.6 Å². The van der Waals surface area contributed by atoms with Gasteiger partial charge < -0.3 is 10.2 Å². The molecular formula is C31H26BrF2N7O2. The number of aromatic nitrogens is 6. The van der Waals surface area contributed by atoms with Crippen LogP contribution in [0, 0.1) is 23.0 Å². The first-order valence-corrected chi connectivity index (χ1v) is 13.8. The van der Waals surface area contributed by atoms with Crippen molar-refractivity contribution in [1.29, 1.82) is 5.26 Å². The van der Waals surface area contributed by atoms with E-state index < -0.39 is 22.8 Å². The average Bonchev–Trinajstić information content (AvgIpc) is 3.55. The number of rotatable bonds is 4. The fourth-order valence-electron chi connectivity index (χ4n) is 4.34. The van der Waals surface area contributed by atoms with Gasteiger partial charge in [0, 0.05) is 29.1 Å². The molecule has 0 unspecified atom stereocenters. The second kappa shape index (κ2) is 11.3. The quantitative estimate of drug-likeness (QED) is 0.235. The number of nitrogens with zero attached hydrogens (tertiary/aromatic N) is 7. The summed E-state index contributed by atoms with van der Waals surface area (Å²) in [6, 6.07) is 13.5. The number of hydrogen-bond acceptors (Lipinski definition) is 7. The van der Waals surface area contributed by atoms with Gasteiger partial charge >= 0.3 is 0 Å². The zero-order valence-corrected chi connectivity index (χ0v) is 25.2. The zero-order valence-electron chi connectivity index (χ0n) is 23.6. The Kier molecular flexibility index (Phi) is 7.83. The maximum absolute atomic E-state index is 14.5. The Hall–Kier alpha value is -4.57. The molecule has 6 aromatic rings. The monoisotopic (exact) mass is 645 g/mol. The van der Waals surface area contributed by atoms with E-state index in [0.29, 0.717) is 39.8 Å². The van der Waals surface area contributed by atoms with Crippen LogP contribution in [0.5, 0.6) is 0 Å². The van der Waals surface area contributed by atoms with Gasteiger partial charge in [-0.25, -0.2) is 28.7 Å². The van der Waals surface area contributed by atoms with E-state index in [4.69, 9.17) is 0 Å². The summed E-state index contributed by atoms with van der Waals surface area (Å²) in [5.74, 6) is -0.105. The number of halogens is 3. The van der Waals surface area contributed by atoms with E-state index in [1.54, 1.807) is 79.4 Å². The maximum atomic E-state index is 14.5. The van der Waals surface area contributed by atoms with Crippen molar-refractivity contribution < 1.29 is 19.0 Å². The Labute approximate surface area is 253 Å². The van der Waals surface area contributed by atoms with E-state index in [0.717, 1.165) is 10.7 Å². The van der Waals surface area contributed by atoms with Gasteiger partial charge in [0.2, 0.25) is 11.6 Å². The summed E-state index contributed by atoms with van der Waals surface area (Å²) in [6.45, 7) is 6.67. The van der Waals surface area contributed by atoms with Gasteiger partial charge in [-0.05, 0) is 86.1 Å². The Morgan fingerprint density at radius 1 is 0.791 bits per heavy atom. The Morgan fingerprint density at radius 3 is 2.02 bits per heavy atom. The second-order valence-corrected chi connectivity index (χ2v) is 11.6. The lowest BCUT2D eigenvalue weighted by Crippen LogP contribution is -2.18. The van der Waals surface area contributed by atoms with Gasteiger partial charge in [0.15, 0.2) is 0 Å². The molecule has 0 spiro atoms. The minimum atomic E-state index is -1.10. The van der Waals surface area contributed by atoms with Crippen molar-refractivity contribution in [2.75, 3.05) is 0 Å². The van der Waals surface area contributed by atoms with E-state index in [1.807, 2.05) is 12.3 Å². The van der Waals surface area contributed by atoms with Gasteiger partial charge in [0.25, 0.3) is 0 Å². The highest BCUT2D eigenvalue weighted by molar-refractivity contribution is 9.10. The Morgan fingerprint density at radius 2 is 1.40 bits per heavy atom. The molecular weight excluding hydrogens is 620 g/mol. The molecule has 6 rings (SSSR count). The molecule has 0 aliphatic heterocycles. The minimum Gasteiger partial charge on any atom is -0.384 e. The summed E-state index contributed by atoms with van der Waals surface area (Å²) in [5, 5.41) is 29.2. The van der Waals surface area contributed by atoms with E-state index in [2.05, 4.69) is 35.9 Å². The van der Waals surface area contributed by atoms with Crippen molar-refractivity contribution in [1.82, 2.24) is 28.7 Å². The minimum absolute atomic E-state index is 0.0516. The fraction of sp³-hybridized carbons (Fsp3) is 0.194. The zero-order chi connectivity index (χ0) is 31.1. The summed E-state index contributed by atoms with van der Waals surface area (Å²) in [6.07, 6.45) is 6.84. The third-order valence-corrected chi connectivity index (χ3v) is 7.21. The molecule has 12 heteroatoms. The molecule has 0 amide bonds. The van der Waals surface area contributed by atoms with Crippen LogP contribution >= 0.6 is 15.9 Å². The highest BCUT2D eigenvalue weighted by atomic mass is 79.9. The molecule has 4 aromatic heterocycles. The molecule has 0 bridgehead atoms. The molecule has 0 aliphatic carbocycles. The lowest BCUT2D eigenvalue weighted by molar-refractivity contribution is 0.0734. The highest BCUT2D eigenvalue weighted by Crippen LogP contribution is 2.32. The van der Waals surface area contributed by atoms with E-state index in [9.17, 15) is 24.3 Å². The van der Waals surface area contributed by atoms with Gasteiger partial charge in [-0.2, -0.15) is 5.26 Å². The summed E-state index contributed by atoms with van der Waals surface area (Å²) < 4.78 is 32.4. The normalized spacial score (nSPS) is 11.8. The summed E-state index contributed by atoms with van der Waals surface area (Å²) in [4.78, 5) is 17.0. The molecule has 2 N–H and O–H groups in total. The first-order valence-electron chi connectivity index (χ1n) is 13.1. The van der Waals surface area contributed by atoms with Crippen molar-refractivity contribution in [2.24, 2.45) is 0 Å². The van der Waals surface area contributed by atoms with E-state index in [-0.39, 0.29) is 11.1 Å². The first kappa shape index (κ1) is 29.9. The van der Waals surface area contributed by atoms with Crippen LogP contribution in [0.4, 0.5) is 8.78 Å². The van der Waals surface area contributed by atoms with Crippen molar-refractivity contribution in [3.8, 4) is 28.5 Å². The average molecular weight is 646 g/mol. The largest absolute Gasteiger partial charge is 0.384 e. The molecule has 0 saturated heterocycles. The molecule has 0 saturated carbocycles. The number of hydrogen-bond donors (Lipinski definition) is 2. The molecule has 0 atom stereocenters. The predicted octanol–water partition coefficient (Wildman–Crippen LogP) is 6.16. The van der Waals surface area contributed by atoms with Crippen LogP contribution in [0.3, 0.4) is 0 Å². The molecule has 43 heavy (non-hydrogen) atoms. The van der Waals surface area contributed by atoms with Gasteiger partial charge in [0.05, 0.1) is 41.1 Å². The van der Waals surface area contributed by atoms with E-state index in [1.165, 1.54) is 18.2 Å². The third-order valence-electron chi connectivity index (χ3n) is 6.62. The molecule has 0 fully saturated rings. The van der Waals surface area contributed by atoms with Crippen molar-refractivity contribution in [2.45, 2.75) is 38.9 Å². The smallest absolute Gasteiger partial charge is 0.234 e. The maximum Gasteiger partial charge on any atom is 0.234 e. The molecule has 9 nitrogen and oxygen atoms in total. The first-order chi connectivity index (χ1) is 20.3. The predicted molar refractivity (Wildman–Crippen MR) is 160 cm³/mol. The molecule has 4 heterocycles. The summed E-state index contributed by atoms with van der Waals surface area (Å²) in [5.41, 5.74) is 0.926. The van der Waals surface area contributed by atoms with Crippen molar-refractivity contribution >= 4 is 27.5 Å². The Balaban J connectivity index is 0.000000220. The second-order valence-electron chi connectivity index (χ2n) is 10.8. The number of imidazole rings is 2. The van der Waals surface area contributed by atoms with Crippen molar-refractivity contribution in [3.05, 3.63) is 107 Å². The molecule has 218 valence electrons. The molecule has 0 radical (unpaired) electrons. The number of benzene rings is 2. The number of aliphatic hydroxyl groups is 2. The van der Waals surface area contributed by atoms with Gasteiger partial charge in [-0.3, -0.25) is 8.80 Å². The third kappa shape index (κ3) is 6.15. The highest BCUT2D eigenvalue weighted by Gasteiger charge is 2.20. The molecule has 2 aromatic carbocycles. The van der Waals surface area contributed by atoms with Gasteiger partial charge in [-0.1, -0.05) is 6.07 Å². The fourth-order valence-corrected chi connectivity index (χ4v) is 4.72. The van der Waals surface area contributed by atoms with Crippen molar-refractivity contribution in [3.63, 3.8) is 0 Å². The van der Waals surface area contributed by atoms with Crippen LogP contribution in [0.15, 0.2) is 77.9 Å². The number of nitriles is 1. The lowest BCUT2D eigenvalue weighted by atomic mass is 9.97. The molecule has 0 aliphatic rings.